The van der Waals surface area contributed by atoms with Crippen LogP contribution in [0.25, 0.3) is 11.1 Å². The van der Waals surface area contributed by atoms with Crippen LogP contribution in [0.3, 0.4) is 0 Å². The molecule has 1 atom stereocenters. The molecule has 9 heteroatoms. The van der Waals surface area contributed by atoms with Crippen molar-refractivity contribution in [2.75, 3.05) is 11.9 Å². The molecular weight excluding hydrogens is 476 g/mol. The molecule has 3 aromatic carbocycles. The molecule has 2 amide bonds. The quantitative estimate of drug-likeness (QED) is 0.306. The molecular formula is C27H22N4O4S. The van der Waals surface area contributed by atoms with E-state index in [4.69, 9.17) is 4.74 Å². The first kappa shape index (κ1) is 23.5. The van der Waals surface area contributed by atoms with Crippen LogP contribution in [0, 0.1) is 0 Å². The molecule has 1 heterocycles. The van der Waals surface area contributed by atoms with Gasteiger partial charge in [0.15, 0.2) is 5.17 Å². The van der Waals surface area contributed by atoms with E-state index in [1.54, 1.807) is 31.2 Å². The van der Waals surface area contributed by atoms with Gasteiger partial charge in [0, 0.05) is 23.2 Å². The topological polar surface area (TPSA) is 109 Å². The van der Waals surface area contributed by atoms with E-state index in [-0.39, 0.29) is 24.8 Å². The second kappa shape index (κ2) is 10.2. The van der Waals surface area contributed by atoms with Crippen LogP contribution >= 0.6 is 11.8 Å². The van der Waals surface area contributed by atoms with Crippen LogP contribution in [-0.2, 0) is 14.3 Å². The lowest BCUT2D eigenvalue weighted by Gasteiger charge is -2.08. The number of carbonyl (C=O) groups is 3. The maximum Gasteiger partial charge on any atom is 0.338 e. The van der Waals surface area contributed by atoms with Crippen molar-refractivity contribution in [3.63, 3.8) is 0 Å². The van der Waals surface area contributed by atoms with E-state index in [1.165, 1.54) is 11.8 Å². The number of esters is 1. The van der Waals surface area contributed by atoms with Gasteiger partial charge in [-0.3, -0.25) is 9.59 Å². The molecule has 2 aliphatic rings. The van der Waals surface area contributed by atoms with Gasteiger partial charge in [-0.05, 0) is 42.3 Å². The molecule has 8 nitrogen and oxygen atoms in total. The summed E-state index contributed by atoms with van der Waals surface area (Å²) < 4.78 is 4.95. The number of fused-ring (bicyclic) bond motifs is 3. The Labute approximate surface area is 211 Å². The zero-order chi connectivity index (χ0) is 25.1. The van der Waals surface area contributed by atoms with Crippen LogP contribution in [0.2, 0.25) is 0 Å². The summed E-state index contributed by atoms with van der Waals surface area (Å²) in [5.74, 6) is -1.04. The van der Waals surface area contributed by atoms with E-state index in [9.17, 15) is 14.4 Å². The fourth-order valence-electron chi connectivity index (χ4n) is 4.07. The minimum absolute atomic E-state index is 0.0304. The highest BCUT2D eigenvalue weighted by atomic mass is 32.2. The molecule has 0 spiro atoms. The minimum atomic E-state index is -0.620. The molecule has 0 bridgehead atoms. The number of hydrogen-bond acceptors (Lipinski definition) is 7. The van der Waals surface area contributed by atoms with Crippen LogP contribution in [0.15, 0.2) is 83.0 Å². The van der Waals surface area contributed by atoms with Crippen molar-refractivity contribution in [2.24, 2.45) is 10.2 Å². The van der Waals surface area contributed by atoms with Crippen molar-refractivity contribution in [2.45, 2.75) is 18.6 Å². The summed E-state index contributed by atoms with van der Waals surface area (Å²) in [7, 11) is 0. The Morgan fingerprint density at radius 3 is 2.14 bits per heavy atom. The number of rotatable bonds is 6. The molecule has 1 aliphatic heterocycles. The number of carbonyl (C=O) groups excluding carboxylic acids is 3. The highest BCUT2D eigenvalue weighted by Crippen LogP contribution is 2.36. The van der Waals surface area contributed by atoms with Gasteiger partial charge in [0.2, 0.25) is 11.8 Å². The Hall–Kier alpha value is -4.24. The van der Waals surface area contributed by atoms with Gasteiger partial charge in [-0.25, -0.2) is 4.79 Å². The predicted octanol–water partition coefficient (Wildman–Crippen LogP) is 4.21. The van der Waals surface area contributed by atoms with E-state index in [2.05, 4.69) is 33.0 Å². The zero-order valence-electron chi connectivity index (χ0n) is 19.4. The van der Waals surface area contributed by atoms with Crippen molar-refractivity contribution in [3.05, 3.63) is 89.5 Å². The summed E-state index contributed by atoms with van der Waals surface area (Å²) in [4.78, 5) is 36.7. The van der Waals surface area contributed by atoms with E-state index >= 15 is 0 Å². The van der Waals surface area contributed by atoms with E-state index < -0.39 is 11.2 Å². The van der Waals surface area contributed by atoms with Gasteiger partial charge in [0.25, 0.3) is 0 Å². The van der Waals surface area contributed by atoms with Gasteiger partial charge in [-0.15, -0.1) is 10.2 Å². The van der Waals surface area contributed by atoms with Gasteiger partial charge in [0.05, 0.1) is 12.2 Å². The van der Waals surface area contributed by atoms with Gasteiger partial charge in [0.1, 0.15) is 11.0 Å². The lowest BCUT2D eigenvalue weighted by molar-refractivity contribution is -0.122. The van der Waals surface area contributed by atoms with E-state index in [0.717, 1.165) is 28.0 Å². The summed E-state index contributed by atoms with van der Waals surface area (Å²) in [6, 6.07) is 22.4. The third-order valence-electron chi connectivity index (χ3n) is 5.72. The normalized spacial score (nSPS) is 16.8. The highest BCUT2D eigenvalue weighted by molar-refractivity contribution is 8.15. The SMILES string of the molecule is CCOC(=O)c1ccc(NC(=O)C[C@@H]2S/C(=N\N=C3c4ccccc4-c4ccccc43)NC2=O)cc1. The van der Waals surface area contributed by atoms with E-state index in [0.29, 0.717) is 16.4 Å². The number of amides is 2. The first-order valence-electron chi connectivity index (χ1n) is 11.4. The fourth-order valence-corrected chi connectivity index (χ4v) is 4.99. The molecule has 0 unspecified atom stereocenters. The van der Waals surface area contributed by atoms with E-state index in [1.807, 2.05) is 36.4 Å². The van der Waals surface area contributed by atoms with Gasteiger partial charge >= 0.3 is 5.97 Å². The summed E-state index contributed by atoms with van der Waals surface area (Å²) in [6.07, 6.45) is -0.0304. The van der Waals surface area contributed by atoms with Crippen LogP contribution in [0.5, 0.6) is 0 Å². The van der Waals surface area contributed by atoms with Crippen molar-refractivity contribution in [3.8, 4) is 11.1 Å². The summed E-state index contributed by atoms with van der Waals surface area (Å²) >= 11 is 1.18. The summed E-state index contributed by atoms with van der Waals surface area (Å²) in [6.45, 7) is 2.02. The summed E-state index contributed by atoms with van der Waals surface area (Å²) in [5, 5.41) is 14.0. The van der Waals surface area contributed by atoms with Gasteiger partial charge in [-0.1, -0.05) is 60.3 Å². The summed E-state index contributed by atoms with van der Waals surface area (Å²) in [5.41, 5.74) is 5.84. The lowest BCUT2D eigenvalue weighted by Crippen LogP contribution is -2.28. The molecule has 5 rings (SSSR count). The molecule has 3 aromatic rings. The predicted molar refractivity (Wildman–Crippen MR) is 140 cm³/mol. The smallest absolute Gasteiger partial charge is 0.338 e. The van der Waals surface area contributed by atoms with Gasteiger partial charge in [-0.2, -0.15) is 0 Å². The Kier molecular flexibility index (Phi) is 6.64. The number of amidine groups is 1. The fraction of sp³-hybridized carbons (Fsp3) is 0.148. The average molecular weight is 499 g/mol. The van der Waals surface area contributed by atoms with Crippen LogP contribution < -0.4 is 10.6 Å². The number of nitrogens with zero attached hydrogens (tertiary/aromatic N) is 2. The Morgan fingerprint density at radius 1 is 0.917 bits per heavy atom. The molecule has 0 aromatic heterocycles. The number of thioether (sulfide) groups is 1. The van der Waals surface area contributed by atoms with Crippen molar-refractivity contribution >= 4 is 46.1 Å². The number of hydrogen-bond donors (Lipinski definition) is 2. The third kappa shape index (κ3) is 4.78. The van der Waals surface area contributed by atoms with Crippen LogP contribution in [0.4, 0.5) is 5.69 Å². The number of benzene rings is 3. The average Bonchev–Trinajstić information content (AvgIpc) is 3.40. The number of nitrogens with one attached hydrogen (secondary N) is 2. The zero-order valence-corrected chi connectivity index (χ0v) is 20.2. The minimum Gasteiger partial charge on any atom is -0.462 e. The monoisotopic (exact) mass is 498 g/mol. The Morgan fingerprint density at radius 2 is 1.53 bits per heavy atom. The largest absolute Gasteiger partial charge is 0.462 e. The molecule has 0 radical (unpaired) electrons. The van der Waals surface area contributed by atoms with Crippen LogP contribution in [0.1, 0.15) is 34.8 Å². The second-order valence-electron chi connectivity index (χ2n) is 8.09. The maximum atomic E-state index is 12.5. The lowest BCUT2D eigenvalue weighted by atomic mass is 10.1. The Bertz CT molecular complexity index is 1370. The highest BCUT2D eigenvalue weighted by Gasteiger charge is 2.32. The number of anilines is 1. The Balaban J connectivity index is 1.24. The van der Waals surface area contributed by atoms with Crippen molar-refractivity contribution < 1.29 is 19.1 Å². The standard InChI is InChI=1S/C27H22N4O4S/c1-2-35-26(34)16-11-13-17(14-12-16)28-23(32)15-22-25(33)29-27(36-22)31-30-24-20-9-5-3-7-18(20)19-8-4-6-10-21(19)24/h3-14,22H,2,15H2,1H3,(H,28,32)(H,29,31,33)/t22-/m0/s1. The van der Waals surface area contributed by atoms with Crippen molar-refractivity contribution in [1.82, 2.24) is 5.32 Å². The molecule has 1 aliphatic carbocycles. The molecule has 2 N–H and O–H groups in total. The first-order valence-corrected chi connectivity index (χ1v) is 12.3. The molecule has 1 saturated heterocycles. The molecule has 0 saturated carbocycles. The van der Waals surface area contributed by atoms with Crippen LogP contribution in [-0.4, -0.2) is 40.5 Å². The second-order valence-corrected chi connectivity index (χ2v) is 9.28. The van der Waals surface area contributed by atoms with Crippen molar-refractivity contribution in [1.29, 1.82) is 0 Å². The molecule has 36 heavy (non-hydrogen) atoms. The van der Waals surface area contributed by atoms with Gasteiger partial charge < -0.3 is 15.4 Å². The maximum absolute atomic E-state index is 12.5. The third-order valence-corrected chi connectivity index (χ3v) is 6.79. The molecule has 180 valence electrons. The number of ether oxygens (including phenoxy) is 1. The molecule has 1 fully saturated rings. The first-order chi connectivity index (χ1) is 17.5.